The third-order valence-electron chi connectivity index (χ3n) is 4.55. The highest BCUT2D eigenvalue weighted by atomic mass is 127. The maximum atomic E-state index is 12.8. The zero-order chi connectivity index (χ0) is 21.7. The molecule has 1 unspecified atom stereocenters. The van der Waals surface area contributed by atoms with Gasteiger partial charge in [0.2, 0.25) is 17.7 Å². The third kappa shape index (κ3) is 5.02. The number of hydrogen-bond acceptors (Lipinski definition) is 7. The Kier molecular flexibility index (Phi) is 7.50. The lowest BCUT2D eigenvalue weighted by atomic mass is 10.0. The van der Waals surface area contributed by atoms with E-state index in [1.807, 2.05) is 0 Å². The van der Waals surface area contributed by atoms with Gasteiger partial charge in [0, 0.05) is 16.5 Å². The Hall–Kier alpha value is -2.38. The number of rotatable bonds is 9. The van der Waals surface area contributed by atoms with Crippen LogP contribution in [0.3, 0.4) is 0 Å². The molecular weight excluding hydrogens is 509 g/mol. The van der Waals surface area contributed by atoms with Gasteiger partial charge < -0.3 is 14.8 Å². The number of imide groups is 2. The van der Waals surface area contributed by atoms with Crippen LogP contribution in [0, 0.1) is 0 Å². The van der Waals surface area contributed by atoms with Crippen molar-refractivity contribution in [3.8, 4) is 0 Å². The molecule has 0 radical (unpaired) electrons. The van der Waals surface area contributed by atoms with Crippen LogP contribution in [0.15, 0.2) is 18.2 Å². The second-order valence-corrected chi connectivity index (χ2v) is 7.69. The van der Waals surface area contributed by atoms with E-state index >= 15 is 0 Å². The number of piperidine rings is 1. The zero-order valence-electron chi connectivity index (χ0n) is 15.9. The summed E-state index contributed by atoms with van der Waals surface area (Å²) < 4.78 is 11.3. The van der Waals surface area contributed by atoms with Gasteiger partial charge in [-0.2, -0.15) is 0 Å². The van der Waals surface area contributed by atoms with Gasteiger partial charge in [-0.15, -0.1) is 0 Å². The Morgan fingerprint density at radius 1 is 1.10 bits per heavy atom. The van der Waals surface area contributed by atoms with Crippen LogP contribution in [-0.4, -0.2) is 71.3 Å². The molecule has 0 aromatic heterocycles. The standard InChI is InChI=1S/C19H20IN3O7/c20-5-6-29-7-8-30-10-16(25)21-11-1-2-12-13(9-11)19(28)23(18(12)27)14-3-4-15(24)22-17(14)26/h1-2,9,14H,3-8,10H2,(H,21,25)(H,22,24,26). The molecule has 0 saturated carbocycles. The van der Waals surface area contributed by atoms with E-state index in [0.29, 0.717) is 18.9 Å². The van der Waals surface area contributed by atoms with E-state index in [4.69, 9.17) is 9.47 Å². The zero-order valence-corrected chi connectivity index (χ0v) is 18.1. The highest BCUT2D eigenvalue weighted by Gasteiger charge is 2.44. The van der Waals surface area contributed by atoms with Gasteiger partial charge in [-0.25, -0.2) is 0 Å². The molecule has 5 amide bonds. The van der Waals surface area contributed by atoms with E-state index in [1.54, 1.807) is 0 Å². The first-order valence-electron chi connectivity index (χ1n) is 9.29. The van der Waals surface area contributed by atoms with Crippen LogP contribution in [0.4, 0.5) is 5.69 Å². The van der Waals surface area contributed by atoms with Gasteiger partial charge in [0.05, 0.1) is 30.9 Å². The van der Waals surface area contributed by atoms with Crippen LogP contribution in [0.2, 0.25) is 0 Å². The first-order chi connectivity index (χ1) is 14.4. The summed E-state index contributed by atoms with van der Waals surface area (Å²) in [4.78, 5) is 61.7. The van der Waals surface area contributed by atoms with Gasteiger partial charge in [0.1, 0.15) is 12.6 Å². The van der Waals surface area contributed by atoms with E-state index in [1.165, 1.54) is 18.2 Å². The predicted molar refractivity (Wildman–Crippen MR) is 112 cm³/mol. The molecule has 0 spiro atoms. The molecule has 1 atom stereocenters. The van der Waals surface area contributed by atoms with Crippen molar-refractivity contribution in [1.82, 2.24) is 10.2 Å². The van der Waals surface area contributed by atoms with Crippen molar-refractivity contribution in [2.45, 2.75) is 18.9 Å². The highest BCUT2D eigenvalue weighted by molar-refractivity contribution is 14.1. The van der Waals surface area contributed by atoms with Crippen molar-refractivity contribution in [3.63, 3.8) is 0 Å². The Bertz CT molecular complexity index is 889. The molecule has 10 nitrogen and oxygen atoms in total. The Morgan fingerprint density at radius 2 is 1.83 bits per heavy atom. The molecule has 1 fully saturated rings. The number of nitrogens with one attached hydrogen (secondary N) is 2. The lowest BCUT2D eigenvalue weighted by molar-refractivity contribution is -0.136. The summed E-state index contributed by atoms with van der Waals surface area (Å²) in [5.41, 5.74) is 0.566. The molecule has 2 aliphatic rings. The number of amides is 5. The molecule has 1 aromatic rings. The molecular formula is C19H20IN3O7. The molecule has 30 heavy (non-hydrogen) atoms. The summed E-state index contributed by atoms with van der Waals surface area (Å²) in [6.07, 6.45) is 0.132. The lowest BCUT2D eigenvalue weighted by Crippen LogP contribution is -2.54. The van der Waals surface area contributed by atoms with Crippen molar-refractivity contribution in [1.29, 1.82) is 0 Å². The van der Waals surface area contributed by atoms with Crippen molar-refractivity contribution < 1.29 is 33.4 Å². The molecule has 0 aliphatic carbocycles. The first kappa shape index (κ1) is 22.3. The van der Waals surface area contributed by atoms with Crippen molar-refractivity contribution in [2.75, 3.05) is 36.2 Å². The number of hydrogen-bond donors (Lipinski definition) is 2. The van der Waals surface area contributed by atoms with E-state index in [9.17, 15) is 24.0 Å². The second-order valence-electron chi connectivity index (χ2n) is 6.61. The summed E-state index contributed by atoms with van der Waals surface area (Å²) in [6.45, 7) is 1.11. The van der Waals surface area contributed by atoms with Crippen molar-refractivity contribution in [3.05, 3.63) is 29.3 Å². The minimum absolute atomic E-state index is 0.0498. The summed E-state index contributed by atoms with van der Waals surface area (Å²) >= 11 is 2.19. The van der Waals surface area contributed by atoms with Crippen LogP contribution >= 0.6 is 22.6 Å². The van der Waals surface area contributed by atoms with Gasteiger partial charge in [0.25, 0.3) is 11.8 Å². The van der Waals surface area contributed by atoms with Crippen LogP contribution in [0.25, 0.3) is 0 Å². The number of alkyl halides is 1. The molecule has 2 N–H and O–H groups in total. The molecule has 11 heteroatoms. The number of ether oxygens (including phenoxy) is 2. The van der Waals surface area contributed by atoms with Crippen LogP contribution < -0.4 is 10.6 Å². The third-order valence-corrected chi connectivity index (χ3v) is 4.99. The van der Waals surface area contributed by atoms with Crippen LogP contribution in [-0.2, 0) is 23.9 Å². The quantitative estimate of drug-likeness (QED) is 0.206. The minimum atomic E-state index is -1.03. The smallest absolute Gasteiger partial charge is 0.262 e. The molecule has 160 valence electrons. The Labute approximate surface area is 185 Å². The number of benzene rings is 1. The first-order valence-corrected chi connectivity index (χ1v) is 10.8. The number of halogens is 1. The lowest BCUT2D eigenvalue weighted by Gasteiger charge is -2.27. The molecule has 0 bridgehead atoms. The molecule has 2 heterocycles. The van der Waals surface area contributed by atoms with Gasteiger partial charge in [-0.05, 0) is 24.6 Å². The topological polar surface area (TPSA) is 131 Å². The van der Waals surface area contributed by atoms with Gasteiger partial charge in [-0.1, -0.05) is 22.6 Å². The fourth-order valence-corrected chi connectivity index (χ4v) is 3.50. The number of carbonyl (C=O) groups excluding carboxylic acids is 5. The fraction of sp³-hybridized carbons (Fsp3) is 0.421. The normalized spacial score (nSPS) is 18.4. The fourth-order valence-electron chi connectivity index (χ4n) is 3.19. The summed E-state index contributed by atoms with van der Waals surface area (Å²) in [6, 6.07) is 3.29. The summed E-state index contributed by atoms with van der Waals surface area (Å²) in [5.74, 6) is -2.75. The van der Waals surface area contributed by atoms with E-state index in [0.717, 1.165) is 9.33 Å². The maximum absolute atomic E-state index is 12.8. The van der Waals surface area contributed by atoms with Crippen molar-refractivity contribution >= 4 is 57.8 Å². The van der Waals surface area contributed by atoms with E-state index in [-0.39, 0.29) is 37.2 Å². The van der Waals surface area contributed by atoms with Crippen LogP contribution in [0.1, 0.15) is 33.6 Å². The Morgan fingerprint density at radius 3 is 2.57 bits per heavy atom. The summed E-state index contributed by atoms with van der Waals surface area (Å²) in [7, 11) is 0. The predicted octanol–water partition coefficient (Wildman–Crippen LogP) is 0.495. The summed E-state index contributed by atoms with van der Waals surface area (Å²) in [5, 5.41) is 4.75. The highest BCUT2D eigenvalue weighted by Crippen LogP contribution is 2.29. The minimum Gasteiger partial charge on any atom is -0.378 e. The van der Waals surface area contributed by atoms with Gasteiger partial charge in [-0.3, -0.25) is 34.2 Å². The van der Waals surface area contributed by atoms with E-state index in [2.05, 4.69) is 33.2 Å². The van der Waals surface area contributed by atoms with Crippen molar-refractivity contribution in [2.24, 2.45) is 0 Å². The molecule has 1 aromatic carbocycles. The van der Waals surface area contributed by atoms with Crippen LogP contribution in [0.5, 0.6) is 0 Å². The number of carbonyl (C=O) groups is 5. The number of fused-ring (bicyclic) bond motifs is 1. The largest absolute Gasteiger partial charge is 0.378 e. The molecule has 2 aliphatic heterocycles. The Balaban J connectivity index is 1.60. The number of anilines is 1. The molecule has 3 rings (SSSR count). The second kappa shape index (κ2) is 10.1. The van der Waals surface area contributed by atoms with Gasteiger partial charge >= 0.3 is 0 Å². The monoisotopic (exact) mass is 529 g/mol. The average molecular weight is 529 g/mol. The van der Waals surface area contributed by atoms with Gasteiger partial charge in [0.15, 0.2) is 0 Å². The maximum Gasteiger partial charge on any atom is 0.262 e. The van der Waals surface area contributed by atoms with E-state index < -0.39 is 35.6 Å². The average Bonchev–Trinajstić information content (AvgIpc) is 2.95. The molecule has 1 saturated heterocycles. The number of nitrogens with zero attached hydrogens (tertiary/aromatic N) is 1. The SMILES string of the molecule is O=C1CCC(N2C(=O)c3ccc(NC(=O)COCCOCCI)cc3C2=O)C(=O)N1.